The van der Waals surface area contributed by atoms with E-state index in [4.69, 9.17) is 4.74 Å². The third-order valence-corrected chi connectivity index (χ3v) is 2.60. The van der Waals surface area contributed by atoms with Gasteiger partial charge in [-0.15, -0.1) is 6.58 Å². The molecule has 0 unspecified atom stereocenters. The van der Waals surface area contributed by atoms with Crippen molar-refractivity contribution in [2.24, 2.45) is 0 Å². The summed E-state index contributed by atoms with van der Waals surface area (Å²) in [6, 6.07) is 4.28. The fraction of sp³-hybridized carbons (Fsp3) is 0.267. The minimum absolute atomic E-state index is 0.0293. The molecule has 0 radical (unpaired) electrons. The zero-order valence-corrected chi connectivity index (χ0v) is 11.9. The van der Waals surface area contributed by atoms with Crippen LogP contribution in [0, 0.1) is 0 Å². The molecular formula is C15H16O6. The quantitative estimate of drug-likeness (QED) is 0.454. The topological polar surface area (TPSA) is 78.9 Å². The number of methoxy groups -OCH3 is 2. The number of rotatable bonds is 6. The summed E-state index contributed by atoms with van der Waals surface area (Å²) in [5.41, 5.74) is -0.169. The molecule has 0 saturated carbocycles. The van der Waals surface area contributed by atoms with Crippen molar-refractivity contribution >= 4 is 17.9 Å². The number of hydrogen-bond acceptors (Lipinski definition) is 6. The van der Waals surface area contributed by atoms with E-state index in [0.717, 1.165) is 0 Å². The van der Waals surface area contributed by atoms with Crippen LogP contribution in [-0.2, 0) is 14.3 Å². The van der Waals surface area contributed by atoms with E-state index in [1.807, 2.05) is 0 Å². The molecule has 1 aromatic carbocycles. The van der Waals surface area contributed by atoms with Crippen molar-refractivity contribution in [1.29, 1.82) is 0 Å². The highest BCUT2D eigenvalue weighted by Gasteiger charge is 2.24. The molecule has 0 aliphatic heterocycles. The molecule has 0 saturated heterocycles. The van der Waals surface area contributed by atoms with Crippen molar-refractivity contribution < 1.29 is 28.6 Å². The van der Waals surface area contributed by atoms with Crippen LogP contribution in [0.3, 0.4) is 0 Å². The second-order valence-electron chi connectivity index (χ2n) is 3.96. The first-order valence-electron chi connectivity index (χ1n) is 6.16. The Morgan fingerprint density at radius 2 is 1.81 bits per heavy atom. The molecule has 0 aliphatic rings. The fourth-order valence-corrected chi connectivity index (χ4v) is 1.60. The summed E-state index contributed by atoms with van der Waals surface area (Å²) >= 11 is 0. The van der Waals surface area contributed by atoms with Gasteiger partial charge in [-0.1, -0.05) is 12.1 Å². The smallest absolute Gasteiger partial charge is 0.342 e. The molecule has 21 heavy (non-hydrogen) atoms. The normalized spacial score (nSPS) is 9.62. The van der Waals surface area contributed by atoms with E-state index in [2.05, 4.69) is 16.1 Å². The summed E-state index contributed by atoms with van der Waals surface area (Å²) in [5, 5.41) is 0. The Kier molecular flexibility index (Phi) is 6.13. The Balaban J connectivity index is 3.18. The van der Waals surface area contributed by atoms with Gasteiger partial charge in [0, 0.05) is 6.42 Å². The highest BCUT2D eigenvalue weighted by Crippen LogP contribution is 2.24. The van der Waals surface area contributed by atoms with Gasteiger partial charge in [0.05, 0.1) is 19.8 Å². The van der Waals surface area contributed by atoms with Gasteiger partial charge in [0.2, 0.25) is 0 Å². The molecule has 6 heteroatoms. The Labute approximate surface area is 122 Å². The lowest BCUT2D eigenvalue weighted by atomic mass is 10.1. The van der Waals surface area contributed by atoms with Gasteiger partial charge in [-0.3, -0.25) is 4.79 Å². The molecule has 0 heterocycles. The molecule has 1 aromatic rings. The van der Waals surface area contributed by atoms with Gasteiger partial charge in [0.1, 0.15) is 11.3 Å². The third kappa shape index (κ3) is 4.17. The van der Waals surface area contributed by atoms with Gasteiger partial charge in [-0.2, -0.15) is 0 Å². The monoisotopic (exact) mass is 292 g/mol. The lowest BCUT2D eigenvalue weighted by Crippen LogP contribution is -2.16. The molecule has 0 aromatic heterocycles. The molecular weight excluding hydrogens is 276 g/mol. The van der Waals surface area contributed by atoms with Gasteiger partial charge in [0.15, 0.2) is 0 Å². The van der Waals surface area contributed by atoms with E-state index >= 15 is 0 Å². The Hall–Kier alpha value is -2.63. The molecule has 6 nitrogen and oxygen atoms in total. The van der Waals surface area contributed by atoms with Crippen LogP contribution >= 0.6 is 0 Å². The van der Waals surface area contributed by atoms with Crippen LogP contribution in [0.15, 0.2) is 30.9 Å². The molecule has 0 bridgehead atoms. The first-order valence-corrected chi connectivity index (χ1v) is 6.16. The first-order chi connectivity index (χ1) is 10.0. The van der Waals surface area contributed by atoms with Crippen molar-refractivity contribution in [3.8, 4) is 5.75 Å². The minimum Gasteiger partial charge on any atom is -0.465 e. The lowest BCUT2D eigenvalue weighted by molar-refractivity contribution is -0.134. The van der Waals surface area contributed by atoms with Crippen LogP contribution in [-0.4, -0.2) is 32.1 Å². The molecule has 1 rings (SSSR count). The molecule has 112 valence electrons. The maximum absolute atomic E-state index is 11.8. The van der Waals surface area contributed by atoms with E-state index in [0.29, 0.717) is 6.42 Å². The van der Waals surface area contributed by atoms with Gasteiger partial charge in [-0.05, 0) is 18.6 Å². The SMILES string of the molecule is C=CCCC(=O)Oc1cccc(C(=O)OC)c1C(=O)OC. The summed E-state index contributed by atoms with van der Waals surface area (Å²) in [6.45, 7) is 3.50. The van der Waals surface area contributed by atoms with E-state index in [-0.39, 0.29) is 23.3 Å². The Bertz CT molecular complexity index is 561. The molecule has 0 atom stereocenters. The second-order valence-corrected chi connectivity index (χ2v) is 3.96. The summed E-state index contributed by atoms with van der Waals surface area (Å²) < 4.78 is 14.3. The van der Waals surface area contributed by atoms with Crippen LogP contribution in [0.2, 0.25) is 0 Å². The van der Waals surface area contributed by atoms with Crippen LogP contribution in [0.4, 0.5) is 0 Å². The van der Waals surface area contributed by atoms with Crippen LogP contribution < -0.4 is 4.74 Å². The number of esters is 3. The molecule has 0 amide bonds. The van der Waals surface area contributed by atoms with Gasteiger partial charge >= 0.3 is 17.9 Å². The van der Waals surface area contributed by atoms with Crippen molar-refractivity contribution in [2.75, 3.05) is 14.2 Å². The predicted octanol–water partition coefficient (Wildman–Crippen LogP) is 2.13. The maximum atomic E-state index is 11.8. The standard InChI is InChI=1S/C15H16O6/c1-4-5-9-12(16)21-11-8-6-7-10(14(17)19-2)13(11)15(18)20-3/h4,6-8H,1,5,9H2,2-3H3. The van der Waals surface area contributed by atoms with Crippen molar-refractivity contribution in [3.63, 3.8) is 0 Å². The van der Waals surface area contributed by atoms with Crippen LogP contribution in [0.1, 0.15) is 33.6 Å². The zero-order valence-electron chi connectivity index (χ0n) is 11.9. The first kappa shape index (κ1) is 16.4. The fourth-order valence-electron chi connectivity index (χ4n) is 1.60. The van der Waals surface area contributed by atoms with E-state index in [1.165, 1.54) is 32.4 Å². The van der Waals surface area contributed by atoms with E-state index in [9.17, 15) is 14.4 Å². The molecule has 0 spiro atoms. The largest absolute Gasteiger partial charge is 0.465 e. The average Bonchev–Trinajstić information content (AvgIpc) is 2.51. The predicted molar refractivity (Wildman–Crippen MR) is 74.2 cm³/mol. The van der Waals surface area contributed by atoms with E-state index in [1.54, 1.807) is 6.08 Å². The van der Waals surface area contributed by atoms with E-state index < -0.39 is 17.9 Å². The summed E-state index contributed by atoms with van der Waals surface area (Å²) in [6.07, 6.45) is 2.14. The van der Waals surface area contributed by atoms with Gasteiger partial charge in [-0.25, -0.2) is 9.59 Å². The Morgan fingerprint density at radius 1 is 1.14 bits per heavy atom. The highest BCUT2D eigenvalue weighted by atomic mass is 16.5. The molecule has 0 aliphatic carbocycles. The lowest BCUT2D eigenvalue weighted by Gasteiger charge is -2.11. The Morgan fingerprint density at radius 3 is 2.38 bits per heavy atom. The van der Waals surface area contributed by atoms with Crippen LogP contribution in [0.25, 0.3) is 0 Å². The highest BCUT2D eigenvalue weighted by molar-refractivity contribution is 6.05. The van der Waals surface area contributed by atoms with Crippen molar-refractivity contribution in [1.82, 2.24) is 0 Å². The minimum atomic E-state index is -0.789. The number of carbonyl (C=O) groups is 3. The second kappa shape index (κ2) is 7.84. The number of hydrogen-bond donors (Lipinski definition) is 0. The van der Waals surface area contributed by atoms with Gasteiger partial charge < -0.3 is 14.2 Å². The maximum Gasteiger partial charge on any atom is 0.342 e. The zero-order chi connectivity index (χ0) is 15.8. The third-order valence-electron chi connectivity index (χ3n) is 2.60. The molecule has 0 N–H and O–H groups in total. The number of ether oxygens (including phenoxy) is 3. The average molecular weight is 292 g/mol. The summed E-state index contributed by atoms with van der Waals surface area (Å²) in [4.78, 5) is 35.2. The summed E-state index contributed by atoms with van der Waals surface area (Å²) in [5.74, 6) is -2.09. The summed E-state index contributed by atoms with van der Waals surface area (Å²) in [7, 11) is 2.35. The number of carbonyl (C=O) groups excluding carboxylic acids is 3. The van der Waals surface area contributed by atoms with Gasteiger partial charge in [0.25, 0.3) is 0 Å². The van der Waals surface area contributed by atoms with Crippen molar-refractivity contribution in [3.05, 3.63) is 42.0 Å². The van der Waals surface area contributed by atoms with Crippen molar-refractivity contribution in [2.45, 2.75) is 12.8 Å². The molecule has 0 fully saturated rings. The number of benzene rings is 1. The van der Waals surface area contributed by atoms with Crippen LogP contribution in [0.5, 0.6) is 5.75 Å². The number of allylic oxidation sites excluding steroid dienone is 1.